The molecule has 9 heteroatoms. The number of nitrogens with one attached hydrogen (secondary N) is 1. The summed E-state index contributed by atoms with van der Waals surface area (Å²) in [7, 11) is 0. The molecule has 1 N–H and O–H groups in total. The van der Waals surface area contributed by atoms with Gasteiger partial charge >= 0.3 is 0 Å². The van der Waals surface area contributed by atoms with Crippen LogP contribution in [0.15, 0.2) is 40.0 Å². The fourth-order valence-corrected chi connectivity index (χ4v) is 5.21. The predicted molar refractivity (Wildman–Crippen MR) is 145 cm³/mol. The number of ether oxygens (including phenoxy) is 1. The number of amides is 1. The first-order chi connectivity index (χ1) is 16.9. The van der Waals surface area contributed by atoms with Crippen LogP contribution in [0, 0.1) is 18.3 Å². The van der Waals surface area contributed by atoms with E-state index in [0.717, 1.165) is 6.42 Å². The molecular formula is C26H30N4O3S2. The van der Waals surface area contributed by atoms with Crippen molar-refractivity contribution in [3.63, 3.8) is 0 Å². The Morgan fingerprint density at radius 3 is 2.63 bits per heavy atom. The lowest BCUT2D eigenvalue weighted by Crippen LogP contribution is -2.30. The van der Waals surface area contributed by atoms with Crippen molar-refractivity contribution < 1.29 is 9.53 Å². The topological polar surface area (TPSA) is 87.4 Å². The molecule has 0 unspecified atom stereocenters. The molecule has 184 valence electrons. The van der Waals surface area contributed by atoms with Gasteiger partial charge in [0.05, 0.1) is 4.91 Å². The number of carbonyl (C=O) groups excluding carboxylic acids is 1. The molecule has 1 aliphatic rings. The standard InChI is InChI=1S/C26H30N4O3S2/c1-4-29-23(28-13-12-19-10-7-6-8-11-19)20(18(3)21(17-27)24(29)31)16-22-25(32)30(26(34)35-22)14-9-15-33-5-2/h6-8,10-11,16,28H,4-5,9,12-15H2,1-3H3/b22-16+. The van der Waals surface area contributed by atoms with Gasteiger partial charge in [0, 0.05) is 38.4 Å². The molecule has 35 heavy (non-hydrogen) atoms. The van der Waals surface area contributed by atoms with Gasteiger partial charge in [-0.05, 0) is 50.8 Å². The lowest BCUT2D eigenvalue weighted by atomic mass is 10.0. The Kier molecular flexibility index (Phi) is 9.66. The van der Waals surface area contributed by atoms with Gasteiger partial charge in [0.1, 0.15) is 21.8 Å². The summed E-state index contributed by atoms with van der Waals surface area (Å²) < 4.78 is 7.43. The molecule has 3 rings (SSSR count). The van der Waals surface area contributed by atoms with Gasteiger partial charge in [-0.3, -0.25) is 19.1 Å². The maximum absolute atomic E-state index is 13.1. The maximum Gasteiger partial charge on any atom is 0.270 e. The van der Waals surface area contributed by atoms with E-state index in [1.54, 1.807) is 22.5 Å². The smallest absolute Gasteiger partial charge is 0.270 e. The van der Waals surface area contributed by atoms with Crippen molar-refractivity contribution in [2.24, 2.45) is 0 Å². The number of nitrogens with zero attached hydrogens (tertiary/aromatic N) is 3. The number of pyridine rings is 1. The third-order valence-electron chi connectivity index (χ3n) is 5.76. The number of hydrogen-bond acceptors (Lipinski definition) is 7. The van der Waals surface area contributed by atoms with Crippen molar-refractivity contribution in [2.45, 2.75) is 40.2 Å². The Bertz CT molecular complexity index is 1220. The van der Waals surface area contributed by atoms with Gasteiger partial charge in [0.25, 0.3) is 11.5 Å². The molecule has 2 heterocycles. The van der Waals surface area contributed by atoms with E-state index < -0.39 is 0 Å². The quantitative estimate of drug-likeness (QED) is 0.273. The number of aromatic nitrogens is 1. The summed E-state index contributed by atoms with van der Waals surface area (Å²) in [4.78, 5) is 28.2. The third kappa shape index (κ3) is 6.20. The number of thioether (sulfide) groups is 1. The number of rotatable bonds is 11. The fourth-order valence-electron chi connectivity index (χ4n) is 3.92. The Morgan fingerprint density at radius 2 is 1.97 bits per heavy atom. The summed E-state index contributed by atoms with van der Waals surface area (Å²) in [6.45, 7) is 8.20. The molecule has 1 aliphatic heterocycles. The molecule has 2 aromatic rings. The summed E-state index contributed by atoms with van der Waals surface area (Å²) in [5, 5.41) is 13.1. The zero-order valence-electron chi connectivity index (χ0n) is 20.3. The van der Waals surface area contributed by atoms with E-state index in [4.69, 9.17) is 17.0 Å². The molecule has 0 bridgehead atoms. The summed E-state index contributed by atoms with van der Waals surface area (Å²) in [5.74, 6) is 0.436. The third-order valence-corrected chi connectivity index (χ3v) is 7.14. The molecule has 1 fully saturated rings. The average Bonchev–Trinajstić information content (AvgIpc) is 3.12. The highest BCUT2D eigenvalue weighted by Crippen LogP contribution is 2.35. The number of nitriles is 1. The Morgan fingerprint density at radius 1 is 1.23 bits per heavy atom. The molecule has 0 aliphatic carbocycles. The molecule has 1 amide bonds. The Hall–Kier alpha value is -2.93. The zero-order chi connectivity index (χ0) is 25.4. The van der Waals surface area contributed by atoms with Crippen molar-refractivity contribution in [2.75, 3.05) is 31.6 Å². The lowest BCUT2D eigenvalue weighted by molar-refractivity contribution is -0.122. The van der Waals surface area contributed by atoms with Gasteiger partial charge in [-0.15, -0.1) is 0 Å². The van der Waals surface area contributed by atoms with Gasteiger partial charge in [-0.1, -0.05) is 54.3 Å². The second kappa shape index (κ2) is 12.7. The normalized spacial score (nSPS) is 14.6. The van der Waals surface area contributed by atoms with Gasteiger partial charge in [-0.25, -0.2) is 0 Å². The van der Waals surface area contributed by atoms with E-state index in [1.165, 1.54) is 17.3 Å². The number of benzene rings is 1. The van der Waals surface area contributed by atoms with Crippen LogP contribution >= 0.6 is 24.0 Å². The fraction of sp³-hybridized carbons (Fsp3) is 0.385. The molecular weight excluding hydrogens is 480 g/mol. The van der Waals surface area contributed by atoms with Crippen LogP contribution in [0.2, 0.25) is 0 Å². The summed E-state index contributed by atoms with van der Waals surface area (Å²) in [5.41, 5.74) is 2.12. The first-order valence-electron chi connectivity index (χ1n) is 11.7. The molecule has 0 saturated carbocycles. The van der Waals surface area contributed by atoms with Crippen molar-refractivity contribution >= 4 is 46.1 Å². The first-order valence-corrected chi connectivity index (χ1v) is 12.9. The largest absolute Gasteiger partial charge is 0.382 e. The number of anilines is 1. The van der Waals surface area contributed by atoms with Crippen molar-refractivity contribution in [1.82, 2.24) is 9.47 Å². The van der Waals surface area contributed by atoms with Gasteiger partial charge < -0.3 is 10.1 Å². The Balaban J connectivity index is 1.96. The van der Waals surface area contributed by atoms with E-state index in [2.05, 4.69) is 17.4 Å². The predicted octanol–water partition coefficient (Wildman–Crippen LogP) is 4.33. The highest BCUT2D eigenvalue weighted by molar-refractivity contribution is 8.26. The van der Waals surface area contributed by atoms with Crippen LogP contribution in [-0.2, 0) is 22.5 Å². The maximum atomic E-state index is 13.1. The van der Waals surface area contributed by atoms with Crippen molar-refractivity contribution in [3.8, 4) is 6.07 Å². The average molecular weight is 511 g/mol. The highest BCUT2D eigenvalue weighted by atomic mass is 32.2. The number of hydrogen-bond donors (Lipinski definition) is 1. The van der Waals surface area contributed by atoms with Crippen LogP contribution in [0.1, 0.15) is 42.5 Å². The van der Waals surface area contributed by atoms with E-state index in [0.29, 0.717) is 65.4 Å². The summed E-state index contributed by atoms with van der Waals surface area (Å²) in [6.07, 6.45) is 3.21. The molecule has 0 atom stereocenters. The SMILES string of the molecule is CCOCCCN1C(=O)/C(=C\c2c(C)c(C#N)c(=O)n(CC)c2NCCc2ccccc2)SC1=S. The van der Waals surface area contributed by atoms with E-state index in [9.17, 15) is 14.9 Å². The molecule has 7 nitrogen and oxygen atoms in total. The summed E-state index contributed by atoms with van der Waals surface area (Å²) in [6, 6.07) is 12.1. The minimum atomic E-state index is -0.338. The zero-order valence-corrected chi connectivity index (χ0v) is 21.9. The van der Waals surface area contributed by atoms with E-state index in [1.807, 2.05) is 38.1 Å². The van der Waals surface area contributed by atoms with Crippen LogP contribution in [0.5, 0.6) is 0 Å². The highest BCUT2D eigenvalue weighted by Gasteiger charge is 2.32. The van der Waals surface area contributed by atoms with Crippen molar-refractivity contribution in [3.05, 3.63) is 67.8 Å². The van der Waals surface area contributed by atoms with Gasteiger partial charge in [0.15, 0.2) is 0 Å². The molecule has 1 aromatic heterocycles. The molecule has 0 spiro atoms. The molecule has 1 aromatic carbocycles. The summed E-state index contributed by atoms with van der Waals surface area (Å²) >= 11 is 6.70. The van der Waals surface area contributed by atoms with E-state index in [-0.39, 0.29) is 17.0 Å². The minimum Gasteiger partial charge on any atom is -0.382 e. The lowest BCUT2D eigenvalue weighted by Gasteiger charge is -2.19. The van der Waals surface area contributed by atoms with Crippen LogP contribution in [0.3, 0.4) is 0 Å². The van der Waals surface area contributed by atoms with Crippen LogP contribution in [-0.4, -0.2) is 46.0 Å². The molecule has 0 radical (unpaired) electrons. The van der Waals surface area contributed by atoms with Crippen LogP contribution < -0.4 is 10.9 Å². The number of thiocarbonyl (C=S) groups is 1. The minimum absolute atomic E-state index is 0.0823. The number of carbonyl (C=O) groups is 1. The first kappa shape index (κ1) is 26.7. The van der Waals surface area contributed by atoms with Crippen LogP contribution in [0.4, 0.5) is 5.82 Å². The van der Waals surface area contributed by atoms with Gasteiger partial charge in [0.2, 0.25) is 0 Å². The van der Waals surface area contributed by atoms with E-state index >= 15 is 0 Å². The van der Waals surface area contributed by atoms with Gasteiger partial charge in [-0.2, -0.15) is 5.26 Å². The Labute approximate surface area is 215 Å². The van der Waals surface area contributed by atoms with Crippen LogP contribution in [0.25, 0.3) is 6.08 Å². The molecule has 1 saturated heterocycles. The second-order valence-corrected chi connectivity index (χ2v) is 9.65. The van der Waals surface area contributed by atoms with Crippen molar-refractivity contribution in [1.29, 1.82) is 5.26 Å². The second-order valence-electron chi connectivity index (χ2n) is 7.97. The monoisotopic (exact) mass is 510 g/mol.